The molecule has 2 heterocycles. The van der Waals surface area contributed by atoms with Gasteiger partial charge in [0.15, 0.2) is 0 Å². The van der Waals surface area contributed by atoms with Crippen molar-refractivity contribution < 1.29 is 4.74 Å². The second-order valence-corrected chi connectivity index (χ2v) is 4.91. The maximum Gasteiger partial charge on any atom is 0.148 e. The number of anilines is 1. The first-order valence-corrected chi connectivity index (χ1v) is 6.85. The average molecular weight is 300 g/mol. The number of nitrogens with zero attached hydrogens (tertiary/aromatic N) is 1. The van der Waals surface area contributed by atoms with Crippen LogP contribution in [0.4, 0.5) is 5.69 Å². The lowest BCUT2D eigenvalue weighted by Gasteiger charge is -2.04. The van der Waals surface area contributed by atoms with Crippen LogP contribution in [-0.2, 0) is 4.74 Å². The number of benzene rings is 1. The van der Waals surface area contributed by atoms with Gasteiger partial charge in [0.05, 0.1) is 18.5 Å². The van der Waals surface area contributed by atoms with Crippen molar-refractivity contribution in [1.29, 1.82) is 0 Å². The van der Waals surface area contributed by atoms with Gasteiger partial charge in [-0.3, -0.25) is 0 Å². The molecule has 0 aliphatic carbocycles. The Morgan fingerprint density at radius 1 is 1.24 bits per heavy atom. The molecule has 2 aromatic rings. The number of hydrogen-bond donors (Lipinski definition) is 2. The largest absolute Gasteiger partial charge is 0.494 e. The van der Waals surface area contributed by atoms with E-state index in [1.54, 1.807) is 7.11 Å². The normalized spacial score (nSPS) is 15.8. The molecule has 5 heteroatoms. The Bertz CT molecular complexity index is 712. The Labute approximate surface area is 127 Å². The summed E-state index contributed by atoms with van der Waals surface area (Å²) in [6.45, 7) is 0. The zero-order valence-electron chi connectivity index (χ0n) is 11.4. The molecule has 1 aromatic heterocycles. The number of halogens is 1. The molecule has 21 heavy (non-hydrogen) atoms. The lowest BCUT2D eigenvalue weighted by molar-refractivity contribution is 0.302. The number of aliphatic imine (C=N–C) groups is 1. The fourth-order valence-electron chi connectivity index (χ4n) is 2.01. The molecule has 1 aliphatic rings. The molecule has 2 N–H and O–H groups in total. The summed E-state index contributed by atoms with van der Waals surface area (Å²) in [6, 6.07) is 11.4. The van der Waals surface area contributed by atoms with Gasteiger partial charge in [0.1, 0.15) is 11.5 Å². The molecular weight excluding hydrogens is 286 g/mol. The SMILES string of the molecule is COC1=CC(c2ccc[nH]2)=N/C1=C/Nc1ccc(Cl)cc1. The number of aromatic nitrogens is 1. The fourth-order valence-corrected chi connectivity index (χ4v) is 2.13. The number of hydrogen-bond acceptors (Lipinski definition) is 3. The van der Waals surface area contributed by atoms with Crippen molar-refractivity contribution in [2.45, 2.75) is 0 Å². The molecule has 1 aromatic carbocycles. The van der Waals surface area contributed by atoms with Crippen LogP contribution in [0.3, 0.4) is 0 Å². The average Bonchev–Trinajstić information content (AvgIpc) is 3.15. The molecule has 1 aliphatic heterocycles. The summed E-state index contributed by atoms with van der Waals surface area (Å²) in [5.74, 6) is 0.723. The fraction of sp³-hybridized carbons (Fsp3) is 0.0625. The highest BCUT2D eigenvalue weighted by atomic mass is 35.5. The van der Waals surface area contributed by atoms with E-state index in [9.17, 15) is 0 Å². The van der Waals surface area contributed by atoms with Crippen molar-refractivity contribution in [3.05, 3.63) is 77.0 Å². The van der Waals surface area contributed by atoms with Crippen molar-refractivity contribution in [2.24, 2.45) is 4.99 Å². The first-order valence-electron chi connectivity index (χ1n) is 6.47. The molecule has 0 spiro atoms. The summed E-state index contributed by atoms with van der Waals surface area (Å²) in [7, 11) is 1.63. The van der Waals surface area contributed by atoms with Gasteiger partial charge in [-0.05, 0) is 36.4 Å². The van der Waals surface area contributed by atoms with Gasteiger partial charge in [-0.15, -0.1) is 0 Å². The number of allylic oxidation sites excluding steroid dienone is 1. The maximum absolute atomic E-state index is 5.86. The van der Waals surface area contributed by atoms with Gasteiger partial charge >= 0.3 is 0 Å². The summed E-state index contributed by atoms with van der Waals surface area (Å²) in [4.78, 5) is 7.69. The topological polar surface area (TPSA) is 49.4 Å². The minimum atomic E-state index is 0.707. The van der Waals surface area contributed by atoms with E-state index in [1.807, 2.05) is 54.9 Å². The van der Waals surface area contributed by atoms with E-state index < -0.39 is 0 Å². The third kappa shape index (κ3) is 3.01. The molecule has 0 fully saturated rings. The molecule has 0 amide bonds. The van der Waals surface area contributed by atoms with E-state index in [0.29, 0.717) is 5.02 Å². The summed E-state index contributed by atoms with van der Waals surface area (Å²) in [5, 5.41) is 3.89. The summed E-state index contributed by atoms with van der Waals surface area (Å²) in [6.07, 6.45) is 5.58. The highest BCUT2D eigenvalue weighted by Crippen LogP contribution is 2.22. The summed E-state index contributed by atoms with van der Waals surface area (Å²) >= 11 is 5.86. The molecule has 0 radical (unpaired) electrons. The Morgan fingerprint density at radius 2 is 2.05 bits per heavy atom. The zero-order chi connectivity index (χ0) is 14.7. The van der Waals surface area contributed by atoms with Gasteiger partial charge in [-0.25, -0.2) is 4.99 Å². The van der Waals surface area contributed by atoms with E-state index >= 15 is 0 Å². The lowest BCUT2D eigenvalue weighted by Crippen LogP contribution is -1.93. The molecule has 0 saturated carbocycles. The van der Waals surface area contributed by atoms with Gasteiger partial charge in [-0.1, -0.05) is 11.6 Å². The maximum atomic E-state index is 5.86. The van der Waals surface area contributed by atoms with E-state index in [1.165, 1.54) is 0 Å². The molecule has 3 rings (SSSR count). The number of H-pyrrole nitrogens is 1. The van der Waals surface area contributed by atoms with Crippen molar-refractivity contribution in [1.82, 2.24) is 4.98 Å². The van der Waals surface area contributed by atoms with Gasteiger partial charge in [0.2, 0.25) is 0 Å². The van der Waals surface area contributed by atoms with E-state index in [4.69, 9.17) is 16.3 Å². The van der Waals surface area contributed by atoms with Crippen molar-refractivity contribution in [3.8, 4) is 0 Å². The van der Waals surface area contributed by atoms with Gasteiger partial charge in [0.25, 0.3) is 0 Å². The number of ether oxygens (including phenoxy) is 1. The third-order valence-corrected chi connectivity index (χ3v) is 3.33. The Morgan fingerprint density at radius 3 is 2.71 bits per heavy atom. The lowest BCUT2D eigenvalue weighted by atomic mass is 10.2. The van der Waals surface area contributed by atoms with E-state index in [2.05, 4.69) is 15.3 Å². The van der Waals surface area contributed by atoms with Crippen LogP contribution in [0.5, 0.6) is 0 Å². The predicted octanol–water partition coefficient (Wildman–Crippen LogP) is 3.95. The smallest absolute Gasteiger partial charge is 0.148 e. The van der Waals surface area contributed by atoms with Gasteiger partial charge in [0, 0.05) is 29.2 Å². The molecular formula is C16H14ClN3O. The van der Waals surface area contributed by atoms with Crippen LogP contribution >= 0.6 is 11.6 Å². The van der Waals surface area contributed by atoms with Gasteiger partial charge < -0.3 is 15.0 Å². The first kappa shape index (κ1) is 13.5. The third-order valence-electron chi connectivity index (χ3n) is 3.07. The molecule has 0 unspecified atom stereocenters. The van der Waals surface area contributed by atoms with Crippen molar-refractivity contribution in [2.75, 3.05) is 12.4 Å². The van der Waals surface area contributed by atoms with E-state index in [-0.39, 0.29) is 0 Å². The first-order chi connectivity index (χ1) is 10.3. The monoisotopic (exact) mass is 299 g/mol. The quantitative estimate of drug-likeness (QED) is 0.898. The van der Waals surface area contributed by atoms with Crippen LogP contribution < -0.4 is 5.32 Å². The van der Waals surface area contributed by atoms with E-state index in [0.717, 1.165) is 28.5 Å². The van der Waals surface area contributed by atoms with Crippen LogP contribution in [0.25, 0.3) is 0 Å². The molecule has 0 atom stereocenters. The second kappa shape index (κ2) is 5.89. The second-order valence-electron chi connectivity index (χ2n) is 4.47. The van der Waals surface area contributed by atoms with Crippen LogP contribution in [0.2, 0.25) is 5.02 Å². The minimum absolute atomic E-state index is 0.707. The zero-order valence-corrected chi connectivity index (χ0v) is 12.2. The Kier molecular flexibility index (Phi) is 3.79. The molecule has 0 saturated heterocycles. The Hall–Kier alpha value is -2.46. The van der Waals surface area contributed by atoms with Crippen molar-refractivity contribution >= 4 is 23.0 Å². The van der Waals surface area contributed by atoms with Crippen molar-refractivity contribution in [3.63, 3.8) is 0 Å². The predicted molar refractivity (Wildman–Crippen MR) is 85.6 cm³/mol. The van der Waals surface area contributed by atoms with Crippen LogP contribution in [0.1, 0.15) is 5.69 Å². The minimum Gasteiger partial charge on any atom is -0.494 e. The highest BCUT2D eigenvalue weighted by Gasteiger charge is 2.16. The molecule has 0 bridgehead atoms. The van der Waals surface area contributed by atoms with Gasteiger partial charge in [-0.2, -0.15) is 0 Å². The van der Waals surface area contributed by atoms with Crippen LogP contribution in [0.15, 0.2) is 71.3 Å². The molecule has 106 valence electrons. The Balaban J connectivity index is 1.82. The summed E-state index contributed by atoms with van der Waals surface area (Å²) in [5.41, 5.74) is 3.49. The number of methoxy groups -OCH3 is 1. The standard InChI is InChI=1S/C16H14ClN3O/c1-21-16-9-14(13-3-2-8-18-13)20-15(16)10-19-12-6-4-11(17)5-7-12/h2-10,18-19H,1H3/b15-10+. The molecule has 4 nitrogen and oxygen atoms in total. The number of nitrogens with one attached hydrogen (secondary N) is 2. The van der Waals surface area contributed by atoms with Crippen LogP contribution in [0, 0.1) is 0 Å². The number of rotatable bonds is 4. The summed E-state index contributed by atoms with van der Waals surface area (Å²) < 4.78 is 5.36. The van der Waals surface area contributed by atoms with Crippen LogP contribution in [-0.4, -0.2) is 17.8 Å². The number of aromatic amines is 1. The highest BCUT2D eigenvalue weighted by molar-refractivity contribution is 6.30.